The number of aromatic nitrogens is 2. The van der Waals surface area contributed by atoms with Gasteiger partial charge in [0.15, 0.2) is 0 Å². The number of hydrogen-bond donors (Lipinski definition) is 1. The molecule has 0 unspecified atom stereocenters. The van der Waals surface area contributed by atoms with E-state index in [9.17, 15) is 0 Å². The third-order valence-corrected chi connectivity index (χ3v) is 3.22. The number of aryl methyl sites for hydroxylation is 1. The van der Waals surface area contributed by atoms with E-state index in [1.54, 1.807) is 0 Å². The molecule has 1 aromatic heterocycles. The van der Waals surface area contributed by atoms with Gasteiger partial charge in [-0.2, -0.15) is 0 Å². The lowest BCUT2D eigenvalue weighted by Crippen LogP contribution is -2.07. The molecule has 4 heteroatoms. The van der Waals surface area contributed by atoms with Crippen molar-refractivity contribution in [2.75, 3.05) is 6.73 Å². The van der Waals surface area contributed by atoms with Gasteiger partial charge in [0.2, 0.25) is 0 Å². The molecule has 21 heavy (non-hydrogen) atoms. The molecule has 2 aromatic carbocycles. The normalized spacial score (nSPS) is 10.6. The van der Waals surface area contributed by atoms with E-state index in [1.165, 1.54) is 0 Å². The van der Waals surface area contributed by atoms with Crippen LogP contribution in [-0.4, -0.2) is 16.3 Å². The Labute approximate surface area is 123 Å². The van der Waals surface area contributed by atoms with Gasteiger partial charge in [-0.3, -0.25) is 10.3 Å². The predicted molar refractivity (Wildman–Crippen MR) is 83.4 cm³/mol. The van der Waals surface area contributed by atoms with Crippen LogP contribution in [0.1, 0.15) is 5.69 Å². The zero-order chi connectivity index (χ0) is 14.7. The molecule has 0 aliphatic heterocycles. The minimum atomic E-state index is 0.179. The van der Waals surface area contributed by atoms with Gasteiger partial charge in [0.25, 0.3) is 0 Å². The minimum Gasteiger partial charge on any atom is -0.479 e. The molecule has 0 saturated carbocycles. The molecule has 3 rings (SSSR count). The van der Waals surface area contributed by atoms with Crippen LogP contribution in [0.4, 0.5) is 0 Å². The maximum atomic E-state index is 5.38. The van der Waals surface area contributed by atoms with Gasteiger partial charge >= 0.3 is 0 Å². The summed E-state index contributed by atoms with van der Waals surface area (Å²) in [6.45, 7) is 2.17. The zero-order valence-corrected chi connectivity index (χ0v) is 11.9. The molecule has 0 aliphatic rings. The molecule has 0 fully saturated rings. The number of imidazole rings is 1. The van der Waals surface area contributed by atoms with Crippen molar-refractivity contribution in [3.8, 4) is 22.8 Å². The Morgan fingerprint density at radius 1 is 1.05 bits per heavy atom. The Hall–Kier alpha value is -2.59. The monoisotopic (exact) mass is 279 g/mol. The fourth-order valence-corrected chi connectivity index (χ4v) is 2.28. The van der Waals surface area contributed by atoms with E-state index in [0.29, 0.717) is 0 Å². The lowest BCUT2D eigenvalue weighted by Gasteiger charge is -2.09. The topological polar surface area (TPSA) is 53.1 Å². The van der Waals surface area contributed by atoms with Gasteiger partial charge in [-0.25, -0.2) is 4.98 Å². The van der Waals surface area contributed by atoms with Gasteiger partial charge in [0, 0.05) is 17.4 Å². The van der Waals surface area contributed by atoms with E-state index < -0.39 is 0 Å². The first-order valence-corrected chi connectivity index (χ1v) is 6.82. The smallest absolute Gasteiger partial charge is 0.144 e. The van der Waals surface area contributed by atoms with E-state index in [2.05, 4.69) is 21.7 Å². The van der Waals surface area contributed by atoms with Gasteiger partial charge in [-0.15, -0.1) is 0 Å². The largest absolute Gasteiger partial charge is 0.479 e. The second-order valence-corrected chi connectivity index (χ2v) is 4.75. The van der Waals surface area contributed by atoms with E-state index >= 15 is 0 Å². The Balaban J connectivity index is 2.02. The SMILES string of the molecule is Cc1cn(-c2ccc(OCN)cc2)c(-c2ccccc2)n1. The molecule has 4 nitrogen and oxygen atoms in total. The fourth-order valence-electron chi connectivity index (χ4n) is 2.28. The third kappa shape index (κ3) is 2.80. The van der Waals surface area contributed by atoms with Crippen LogP contribution < -0.4 is 10.5 Å². The lowest BCUT2D eigenvalue weighted by atomic mass is 10.2. The van der Waals surface area contributed by atoms with Crippen molar-refractivity contribution < 1.29 is 4.74 Å². The standard InChI is InChI=1S/C17H17N3O/c1-13-11-20(15-7-9-16(10-8-15)21-12-18)17(19-13)14-5-3-2-4-6-14/h2-11H,12,18H2,1H3. The number of rotatable bonds is 4. The second kappa shape index (κ2) is 5.81. The van der Waals surface area contributed by atoms with Gasteiger partial charge < -0.3 is 4.74 Å². The van der Waals surface area contributed by atoms with Crippen molar-refractivity contribution >= 4 is 0 Å². The molecular weight excluding hydrogens is 262 g/mol. The Morgan fingerprint density at radius 3 is 2.43 bits per heavy atom. The Bertz CT molecular complexity index is 718. The molecule has 2 N–H and O–H groups in total. The van der Waals surface area contributed by atoms with Gasteiger partial charge in [0.1, 0.15) is 18.3 Å². The van der Waals surface area contributed by atoms with Crippen molar-refractivity contribution in [3.05, 3.63) is 66.5 Å². The average Bonchev–Trinajstić information content (AvgIpc) is 2.91. The number of nitrogens with two attached hydrogens (primary N) is 1. The molecule has 1 heterocycles. The van der Waals surface area contributed by atoms with Crippen LogP contribution in [-0.2, 0) is 0 Å². The first-order chi connectivity index (χ1) is 10.3. The maximum Gasteiger partial charge on any atom is 0.144 e. The van der Waals surface area contributed by atoms with Gasteiger partial charge in [0.05, 0.1) is 5.69 Å². The minimum absolute atomic E-state index is 0.179. The summed E-state index contributed by atoms with van der Waals surface area (Å²) < 4.78 is 7.35. The van der Waals surface area contributed by atoms with Crippen molar-refractivity contribution in [3.63, 3.8) is 0 Å². The molecular formula is C17H17N3O. The van der Waals surface area contributed by atoms with E-state index in [1.807, 2.05) is 55.6 Å². The molecule has 0 bridgehead atoms. The van der Waals surface area contributed by atoms with E-state index in [-0.39, 0.29) is 6.73 Å². The molecule has 0 aliphatic carbocycles. The summed E-state index contributed by atoms with van der Waals surface area (Å²) in [5, 5.41) is 0. The summed E-state index contributed by atoms with van der Waals surface area (Å²) in [7, 11) is 0. The summed E-state index contributed by atoms with van der Waals surface area (Å²) in [5.74, 6) is 1.69. The van der Waals surface area contributed by atoms with Crippen LogP contribution in [0.5, 0.6) is 5.75 Å². The van der Waals surface area contributed by atoms with Crippen molar-refractivity contribution in [2.24, 2.45) is 5.73 Å². The summed E-state index contributed by atoms with van der Waals surface area (Å²) >= 11 is 0. The van der Waals surface area contributed by atoms with Crippen LogP contribution in [0, 0.1) is 6.92 Å². The van der Waals surface area contributed by atoms with Crippen molar-refractivity contribution in [1.82, 2.24) is 9.55 Å². The molecule has 3 aromatic rings. The second-order valence-electron chi connectivity index (χ2n) is 4.75. The first-order valence-electron chi connectivity index (χ1n) is 6.82. The highest BCUT2D eigenvalue weighted by Gasteiger charge is 2.09. The molecule has 0 spiro atoms. The number of ether oxygens (including phenoxy) is 1. The highest BCUT2D eigenvalue weighted by Crippen LogP contribution is 2.24. The molecule has 0 amide bonds. The quantitative estimate of drug-likeness (QED) is 0.746. The molecule has 106 valence electrons. The summed E-state index contributed by atoms with van der Waals surface area (Å²) in [6, 6.07) is 18.0. The van der Waals surface area contributed by atoms with Gasteiger partial charge in [-0.05, 0) is 31.2 Å². The molecule has 0 atom stereocenters. The summed E-state index contributed by atoms with van der Waals surface area (Å²) in [4.78, 5) is 4.63. The van der Waals surface area contributed by atoms with E-state index in [4.69, 9.17) is 10.5 Å². The average molecular weight is 279 g/mol. The van der Waals surface area contributed by atoms with E-state index in [0.717, 1.165) is 28.5 Å². The first kappa shape index (κ1) is 13.4. The fraction of sp³-hybridized carbons (Fsp3) is 0.118. The zero-order valence-electron chi connectivity index (χ0n) is 11.9. The highest BCUT2D eigenvalue weighted by atomic mass is 16.5. The summed E-state index contributed by atoms with van der Waals surface area (Å²) in [6.07, 6.45) is 2.03. The molecule has 0 radical (unpaired) electrons. The number of hydrogen-bond acceptors (Lipinski definition) is 3. The Kier molecular flexibility index (Phi) is 3.71. The number of nitrogens with zero attached hydrogens (tertiary/aromatic N) is 2. The van der Waals surface area contributed by atoms with Crippen LogP contribution in [0.2, 0.25) is 0 Å². The maximum absolute atomic E-state index is 5.38. The van der Waals surface area contributed by atoms with Crippen LogP contribution in [0.25, 0.3) is 17.1 Å². The number of benzene rings is 2. The Morgan fingerprint density at radius 2 is 1.76 bits per heavy atom. The molecule has 0 saturated heterocycles. The highest BCUT2D eigenvalue weighted by molar-refractivity contribution is 5.59. The van der Waals surface area contributed by atoms with Crippen molar-refractivity contribution in [1.29, 1.82) is 0 Å². The van der Waals surface area contributed by atoms with Crippen LogP contribution >= 0.6 is 0 Å². The van der Waals surface area contributed by atoms with Crippen LogP contribution in [0.3, 0.4) is 0 Å². The third-order valence-electron chi connectivity index (χ3n) is 3.22. The summed E-state index contributed by atoms with van der Waals surface area (Å²) in [5.41, 5.74) is 8.49. The van der Waals surface area contributed by atoms with Gasteiger partial charge in [-0.1, -0.05) is 30.3 Å². The van der Waals surface area contributed by atoms with Crippen LogP contribution in [0.15, 0.2) is 60.8 Å². The lowest BCUT2D eigenvalue weighted by molar-refractivity contribution is 0.329. The predicted octanol–water partition coefficient (Wildman–Crippen LogP) is 3.14. The van der Waals surface area contributed by atoms with Crippen molar-refractivity contribution in [2.45, 2.75) is 6.92 Å².